The Morgan fingerprint density at radius 3 is 1.84 bits per heavy atom. The largest absolute Gasteiger partial charge is 0.294 e. The Morgan fingerprint density at radius 1 is 0.947 bits per heavy atom. The zero-order chi connectivity index (χ0) is 14.5. The number of aryl methyl sites for hydroxylation is 2. The van der Waals surface area contributed by atoms with Gasteiger partial charge in [-0.15, -0.1) is 0 Å². The zero-order valence-corrected chi connectivity index (χ0v) is 13.6. The standard InChI is InChI=1S/C7H7I.C7H8O3S/c1-6-2-4-7(8)5-3-6;1-6-4-2-3-5-7(6)11(8,9)10/h2-5H,1H3;2-5H,1H3,(H,8,9,10). The molecule has 2 rings (SSSR count). The Bertz CT molecular complexity index is 613. The molecule has 0 spiro atoms. The minimum atomic E-state index is -4.03. The van der Waals surface area contributed by atoms with Crippen molar-refractivity contribution in [2.45, 2.75) is 18.7 Å². The average Bonchev–Trinajstić information content (AvgIpc) is 2.33. The van der Waals surface area contributed by atoms with E-state index < -0.39 is 10.1 Å². The third kappa shape index (κ3) is 5.71. The first-order valence-electron chi connectivity index (χ1n) is 5.56. The average molecular weight is 390 g/mol. The van der Waals surface area contributed by atoms with E-state index in [9.17, 15) is 8.42 Å². The van der Waals surface area contributed by atoms with Crippen molar-refractivity contribution in [1.82, 2.24) is 0 Å². The number of hydrogen-bond donors (Lipinski definition) is 1. The van der Waals surface area contributed by atoms with Gasteiger partial charge in [-0.1, -0.05) is 35.9 Å². The molecule has 1 N–H and O–H groups in total. The summed E-state index contributed by atoms with van der Waals surface area (Å²) in [4.78, 5) is -0.0278. The van der Waals surface area contributed by atoms with Gasteiger partial charge in [0, 0.05) is 3.57 Å². The van der Waals surface area contributed by atoms with Gasteiger partial charge in [-0.05, 0) is 60.2 Å². The molecular formula is C14H15IO3S. The van der Waals surface area contributed by atoms with Crippen molar-refractivity contribution >= 4 is 32.7 Å². The van der Waals surface area contributed by atoms with E-state index in [1.54, 1.807) is 25.1 Å². The minimum Gasteiger partial charge on any atom is -0.282 e. The summed E-state index contributed by atoms with van der Waals surface area (Å²) in [6.07, 6.45) is 0. The molecule has 0 aliphatic rings. The van der Waals surface area contributed by atoms with Gasteiger partial charge >= 0.3 is 0 Å². The Kier molecular flexibility index (Phi) is 5.96. The monoisotopic (exact) mass is 390 g/mol. The Balaban J connectivity index is 0.000000200. The van der Waals surface area contributed by atoms with Crippen LogP contribution in [-0.2, 0) is 10.1 Å². The fourth-order valence-electron chi connectivity index (χ4n) is 1.38. The maximum absolute atomic E-state index is 10.6. The molecular weight excluding hydrogens is 375 g/mol. The predicted molar refractivity (Wildman–Crippen MR) is 84.9 cm³/mol. The van der Waals surface area contributed by atoms with Crippen LogP contribution in [0.4, 0.5) is 0 Å². The SMILES string of the molecule is Cc1ccc(I)cc1.Cc1ccccc1S(=O)(=O)O. The highest BCUT2D eigenvalue weighted by Crippen LogP contribution is 2.12. The van der Waals surface area contributed by atoms with Gasteiger partial charge in [0.05, 0.1) is 4.90 Å². The van der Waals surface area contributed by atoms with Crippen molar-refractivity contribution in [2.24, 2.45) is 0 Å². The number of benzene rings is 2. The lowest BCUT2D eigenvalue weighted by molar-refractivity contribution is 0.482. The van der Waals surface area contributed by atoms with Crippen molar-refractivity contribution in [2.75, 3.05) is 0 Å². The molecule has 0 bridgehead atoms. The first-order chi connectivity index (χ1) is 8.80. The molecule has 0 aliphatic heterocycles. The molecule has 0 radical (unpaired) electrons. The number of rotatable bonds is 1. The van der Waals surface area contributed by atoms with Crippen LogP contribution in [0.5, 0.6) is 0 Å². The van der Waals surface area contributed by atoms with Crippen LogP contribution in [0.1, 0.15) is 11.1 Å². The smallest absolute Gasteiger partial charge is 0.282 e. The summed E-state index contributed by atoms with van der Waals surface area (Å²) < 4.78 is 31.2. The van der Waals surface area contributed by atoms with Gasteiger partial charge in [-0.3, -0.25) is 4.55 Å². The molecule has 0 atom stereocenters. The lowest BCUT2D eigenvalue weighted by Crippen LogP contribution is -1.99. The summed E-state index contributed by atoms with van der Waals surface area (Å²) in [7, 11) is -4.03. The minimum absolute atomic E-state index is 0.0278. The van der Waals surface area contributed by atoms with Crippen molar-refractivity contribution < 1.29 is 13.0 Å². The van der Waals surface area contributed by atoms with E-state index in [1.807, 2.05) is 0 Å². The molecule has 0 fully saturated rings. The fraction of sp³-hybridized carbons (Fsp3) is 0.143. The van der Waals surface area contributed by atoms with Crippen LogP contribution in [0.15, 0.2) is 53.4 Å². The molecule has 0 aliphatic carbocycles. The maximum atomic E-state index is 10.6. The lowest BCUT2D eigenvalue weighted by atomic mass is 10.2. The van der Waals surface area contributed by atoms with Crippen molar-refractivity contribution in [3.8, 4) is 0 Å². The van der Waals surface area contributed by atoms with E-state index in [1.165, 1.54) is 15.2 Å². The Hall–Kier alpha value is -0.920. The van der Waals surface area contributed by atoms with Crippen LogP contribution < -0.4 is 0 Å². The molecule has 0 saturated heterocycles. The second-order valence-electron chi connectivity index (χ2n) is 4.04. The van der Waals surface area contributed by atoms with Gasteiger partial charge in [-0.25, -0.2) is 0 Å². The number of halogens is 1. The van der Waals surface area contributed by atoms with Crippen LogP contribution in [0.3, 0.4) is 0 Å². The van der Waals surface area contributed by atoms with Gasteiger partial charge < -0.3 is 0 Å². The van der Waals surface area contributed by atoms with Crippen molar-refractivity contribution in [3.63, 3.8) is 0 Å². The summed E-state index contributed by atoms with van der Waals surface area (Å²) in [5.41, 5.74) is 1.88. The second-order valence-corrected chi connectivity index (χ2v) is 6.67. The van der Waals surface area contributed by atoms with Gasteiger partial charge in [0.15, 0.2) is 0 Å². The van der Waals surface area contributed by atoms with Crippen LogP contribution in [0, 0.1) is 17.4 Å². The first kappa shape index (κ1) is 16.1. The normalized spacial score (nSPS) is 10.5. The molecule has 0 unspecified atom stereocenters. The fourth-order valence-corrected chi connectivity index (χ4v) is 2.46. The van der Waals surface area contributed by atoms with Gasteiger partial charge in [0.2, 0.25) is 0 Å². The molecule has 2 aromatic carbocycles. The van der Waals surface area contributed by atoms with E-state index in [-0.39, 0.29) is 4.90 Å². The quantitative estimate of drug-likeness (QED) is 0.595. The molecule has 19 heavy (non-hydrogen) atoms. The van der Waals surface area contributed by atoms with E-state index in [4.69, 9.17) is 4.55 Å². The summed E-state index contributed by atoms with van der Waals surface area (Å²) in [5, 5.41) is 0. The zero-order valence-electron chi connectivity index (χ0n) is 10.7. The van der Waals surface area contributed by atoms with Gasteiger partial charge in [-0.2, -0.15) is 8.42 Å². The molecule has 0 aromatic heterocycles. The molecule has 0 heterocycles. The van der Waals surface area contributed by atoms with Crippen LogP contribution >= 0.6 is 22.6 Å². The molecule has 3 nitrogen and oxygen atoms in total. The predicted octanol–water partition coefficient (Wildman–Crippen LogP) is 3.84. The first-order valence-corrected chi connectivity index (χ1v) is 8.08. The maximum Gasteiger partial charge on any atom is 0.294 e. The Morgan fingerprint density at radius 2 is 1.47 bits per heavy atom. The highest BCUT2D eigenvalue weighted by molar-refractivity contribution is 14.1. The van der Waals surface area contributed by atoms with Crippen molar-refractivity contribution in [1.29, 1.82) is 0 Å². The van der Waals surface area contributed by atoms with Gasteiger partial charge in [0.1, 0.15) is 0 Å². The third-order valence-corrected chi connectivity index (χ3v) is 4.12. The van der Waals surface area contributed by atoms with Gasteiger partial charge in [0.25, 0.3) is 10.1 Å². The summed E-state index contributed by atoms with van der Waals surface area (Å²) in [5.74, 6) is 0. The molecule has 0 saturated carbocycles. The number of hydrogen-bond acceptors (Lipinski definition) is 2. The lowest BCUT2D eigenvalue weighted by Gasteiger charge is -1.99. The van der Waals surface area contributed by atoms with Crippen LogP contribution in [0.2, 0.25) is 0 Å². The summed E-state index contributed by atoms with van der Waals surface area (Å²) >= 11 is 2.30. The third-order valence-electron chi connectivity index (χ3n) is 2.38. The molecule has 5 heteroatoms. The summed E-state index contributed by atoms with van der Waals surface area (Å²) in [6.45, 7) is 3.72. The van der Waals surface area contributed by atoms with E-state index in [2.05, 4.69) is 53.8 Å². The van der Waals surface area contributed by atoms with E-state index >= 15 is 0 Å². The van der Waals surface area contributed by atoms with Crippen LogP contribution in [0.25, 0.3) is 0 Å². The highest BCUT2D eigenvalue weighted by atomic mass is 127. The summed E-state index contributed by atoms with van der Waals surface area (Å²) in [6, 6.07) is 14.7. The van der Waals surface area contributed by atoms with Crippen molar-refractivity contribution in [3.05, 3.63) is 63.2 Å². The highest BCUT2D eigenvalue weighted by Gasteiger charge is 2.10. The van der Waals surface area contributed by atoms with E-state index in [0.29, 0.717) is 5.56 Å². The molecule has 0 amide bonds. The topological polar surface area (TPSA) is 54.4 Å². The second kappa shape index (κ2) is 7.02. The van der Waals surface area contributed by atoms with E-state index in [0.717, 1.165) is 0 Å². The molecule has 2 aromatic rings. The molecule has 102 valence electrons. The Labute approximate surface area is 127 Å². The van der Waals surface area contributed by atoms with Crippen LogP contribution in [-0.4, -0.2) is 13.0 Å².